The smallest absolute Gasteiger partial charge is 0.444 e. The summed E-state index contributed by atoms with van der Waals surface area (Å²) >= 11 is 0. The number of alkyl halides is 1. The summed E-state index contributed by atoms with van der Waals surface area (Å²) in [6.45, 7) is 10.0. The number of nitrogens with zero attached hydrogens (tertiary/aromatic N) is 1. The molecule has 0 saturated carbocycles. The lowest BCUT2D eigenvalue weighted by Gasteiger charge is -2.24. The van der Waals surface area contributed by atoms with Gasteiger partial charge in [0.15, 0.2) is 12.3 Å². The fourth-order valence-corrected chi connectivity index (χ4v) is 1.72. The van der Waals surface area contributed by atoms with Gasteiger partial charge in [0.25, 0.3) is 0 Å². The minimum atomic E-state index is -1.45. The molecule has 0 N–H and O–H groups in total. The first-order chi connectivity index (χ1) is 9.37. The number of carbonyl (C=O) groups excluding carboxylic acids is 2. The number of carbonyl (C=O) groups is 2. The number of amides is 1. The molecule has 6 nitrogen and oxygen atoms in total. The van der Waals surface area contributed by atoms with E-state index in [1.165, 1.54) is 4.90 Å². The first kappa shape index (κ1) is 17.5. The quantitative estimate of drug-likeness (QED) is 0.697. The van der Waals surface area contributed by atoms with Crippen LogP contribution in [0.4, 0.5) is 14.0 Å². The van der Waals surface area contributed by atoms with E-state index in [1.807, 2.05) is 0 Å². The van der Waals surface area contributed by atoms with Gasteiger partial charge in [-0.1, -0.05) is 0 Å². The van der Waals surface area contributed by atoms with Crippen LogP contribution in [-0.2, 0) is 14.2 Å². The van der Waals surface area contributed by atoms with Crippen LogP contribution in [0.1, 0.15) is 41.5 Å². The Morgan fingerprint density at radius 3 is 2.00 bits per heavy atom. The average Bonchev–Trinajstić information content (AvgIpc) is 2.54. The van der Waals surface area contributed by atoms with Crippen molar-refractivity contribution in [3.63, 3.8) is 0 Å². The van der Waals surface area contributed by atoms with Crippen LogP contribution >= 0.6 is 0 Å². The molecule has 0 aromatic carbocycles. The van der Waals surface area contributed by atoms with Crippen LogP contribution in [0.5, 0.6) is 0 Å². The van der Waals surface area contributed by atoms with E-state index in [9.17, 15) is 14.0 Å². The molecule has 7 heteroatoms. The molecular formula is C14H24FNO5. The normalized spacial score (nSPS) is 22.9. The Morgan fingerprint density at radius 1 is 1.00 bits per heavy atom. The Balaban J connectivity index is 2.53. The first-order valence-corrected chi connectivity index (χ1v) is 6.89. The van der Waals surface area contributed by atoms with Crippen LogP contribution in [0.3, 0.4) is 0 Å². The molecule has 1 heterocycles. The Labute approximate surface area is 124 Å². The van der Waals surface area contributed by atoms with Crippen LogP contribution in [0.25, 0.3) is 0 Å². The molecule has 0 spiro atoms. The topological polar surface area (TPSA) is 65.1 Å². The predicted octanol–water partition coefficient (Wildman–Crippen LogP) is 2.90. The van der Waals surface area contributed by atoms with Gasteiger partial charge in [-0.25, -0.2) is 14.0 Å². The van der Waals surface area contributed by atoms with E-state index in [0.29, 0.717) is 0 Å². The zero-order valence-corrected chi connectivity index (χ0v) is 13.4. The van der Waals surface area contributed by atoms with Gasteiger partial charge in [0, 0.05) is 0 Å². The lowest BCUT2D eigenvalue weighted by molar-refractivity contribution is -0.0357. The molecule has 0 aliphatic carbocycles. The van der Waals surface area contributed by atoms with Gasteiger partial charge in [-0.15, -0.1) is 0 Å². The van der Waals surface area contributed by atoms with Gasteiger partial charge in [0.1, 0.15) is 11.2 Å². The molecule has 21 heavy (non-hydrogen) atoms. The summed E-state index contributed by atoms with van der Waals surface area (Å²) in [5.74, 6) is 0. The van der Waals surface area contributed by atoms with Gasteiger partial charge in [0.05, 0.1) is 13.1 Å². The zero-order valence-electron chi connectivity index (χ0n) is 13.4. The third-order valence-corrected chi connectivity index (χ3v) is 2.49. The Morgan fingerprint density at radius 2 is 1.52 bits per heavy atom. The largest absolute Gasteiger partial charge is 0.509 e. The van der Waals surface area contributed by atoms with Gasteiger partial charge < -0.3 is 19.1 Å². The van der Waals surface area contributed by atoms with Crippen molar-refractivity contribution in [1.29, 1.82) is 0 Å². The van der Waals surface area contributed by atoms with Crippen LogP contribution in [0.15, 0.2) is 0 Å². The maximum absolute atomic E-state index is 13.8. The summed E-state index contributed by atoms with van der Waals surface area (Å²) in [6, 6.07) is 0. The van der Waals surface area contributed by atoms with Gasteiger partial charge in [-0.2, -0.15) is 0 Å². The van der Waals surface area contributed by atoms with Gasteiger partial charge in [0.2, 0.25) is 0 Å². The predicted molar refractivity (Wildman–Crippen MR) is 73.8 cm³/mol. The van der Waals surface area contributed by atoms with E-state index in [1.54, 1.807) is 41.5 Å². The van der Waals surface area contributed by atoms with Crippen LogP contribution in [0, 0.1) is 0 Å². The molecule has 1 saturated heterocycles. The highest BCUT2D eigenvalue weighted by atomic mass is 19.1. The number of ether oxygens (including phenoxy) is 3. The van der Waals surface area contributed by atoms with Crippen molar-refractivity contribution in [3.8, 4) is 0 Å². The van der Waals surface area contributed by atoms with Crippen molar-refractivity contribution in [2.45, 2.75) is 65.0 Å². The van der Waals surface area contributed by atoms with E-state index in [-0.39, 0.29) is 13.1 Å². The standard InChI is InChI=1S/C14H24FNO5/c1-13(2,3)20-11(17)16-7-9(15)10(8-16)19-12(18)21-14(4,5)6/h9-10H,7-8H2,1-6H3/t9-,10-/m0/s1. The molecule has 1 fully saturated rings. The Kier molecular flexibility index (Phi) is 5.07. The van der Waals surface area contributed by atoms with Crippen molar-refractivity contribution in [2.24, 2.45) is 0 Å². The van der Waals surface area contributed by atoms with Crippen LogP contribution < -0.4 is 0 Å². The molecule has 0 aromatic heterocycles. The second-order valence-corrected chi connectivity index (χ2v) is 7.02. The number of halogens is 1. The molecule has 0 bridgehead atoms. The molecule has 0 unspecified atom stereocenters. The van der Waals surface area contributed by atoms with Gasteiger partial charge >= 0.3 is 12.2 Å². The molecule has 0 radical (unpaired) electrons. The number of hydrogen-bond donors (Lipinski definition) is 0. The number of rotatable bonds is 1. The van der Waals surface area contributed by atoms with Crippen LogP contribution in [-0.4, -0.2) is 53.7 Å². The summed E-state index contributed by atoms with van der Waals surface area (Å²) in [7, 11) is 0. The van der Waals surface area contributed by atoms with E-state index >= 15 is 0 Å². The Bertz CT molecular complexity index is 399. The molecule has 1 aliphatic rings. The monoisotopic (exact) mass is 305 g/mol. The minimum Gasteiger partial charge on any atom is -0.444 e. The van der Waals surface area contributed by atoms with Gasteiger partial charge in [-0.05, 0) is 41.5 Å². The van der Waals surface area contributed by atoms with Crippen molar-refractivity contribution in [3.05, 3.63) is 0 Å². The van der Waals surface area contributed by atoms with E-state index < -0.39 is 35.7 Å². The fourth-order valence-electron chi connectivity index (χ4n) is 1.72. The fraction of sp³-hybridized carbons (Fsp3) is 0.857. The minimum absolute atomic E-state index is 0.0463. The summed E-state index contributed by atoms with van der Waals surface area (Å²) in [5.41, 5.74) is -1.38. The lowest BCUT2D eigenvalue weighted by Crippen LogP contribution is -2.36. The lowest BCUT2D eigenvalue weighted by atomic mass is 10.2. The number of likely N-dealkylation sites (tertiary alicyclic amines) is 1. The highest BCUT2D eigenvalue weighted by molar-refractivity contribution is 5.69. The van der Waals surface area contributed by atoms with Crippen molar-refractivity contribution in [1.82, 2.24) is 4.90 Å². The molecule has 2 atom stereocenters. The van der Waals surface area contributed by atoms with E-state index in [4.69, 9.17) is 14.2 Å². The summed E-state index contributed by atoms with van der Waals surface area (Å²) in [6.07, 6.45) is -4.06. The summed E-state index contributed by atoms with van der Waals surface area (Å²) in [4.78, 5) is 24.5. The third-order valence-electron chi connectivity index (χ3n) is 2.49. The highest BCUT2D eigenvalue weighted by Crippen LogP contribution is 2.21. The maximum atomic E-state index is 13.8. The van der Waals surface area contributed by atoms with Crippen molar-refractivity contribution in [2.75, 3.05) is 13.1 Å². The molecule has 1 amide bonds. The van der Waals surface area contributed by atoms with Gasteiger partial charge in [-0.3, -0.25) is 0 Å². The summed E-state index contributed by atoms with van der Waals surface area (Å²) in [5, 5.41) is 0. The third kappa shape index (κ3) is 6.18. The van der Waals surface area contributed by atoms with Crippen molar-refractivity contribution >= 4 is 12.2 Å². The first-order valence-electron chi connectivity index (χ1n) is 6.89. The molecule has 0 aromatic rings. The SMILES string of the molecule is CC(C)(C)OC(=O)O[C@H]1CN(C(=O)OC(C)(C)C)C[C@@H]1F. The maximum Gasteiger partial charge on any atom is 0.509 e. The molecule has 1 rings (SSSR count). The van der Waals surface area contributed by atoms with Crippen LogP contribution in [0.2, 0.25) is 0 Å². The van der Waals surface area contributed by atoms with E-state index in [0.717, 1.165) is 0 Å². The second-order valence-electron chi connectivity index (χ2n) is 7.02. The second kappa shape index (κ2) is 6.07. The Hall–Kier alpha value is -1.53. The highest BCUT2D eigenvalue weighted by Gasteiger charge is 2.40. The van der Waals surface area contributed by atoms with Crippen molar-refractivity contribution < 1.29 is 28.2 Å². The molecule has 1 aliphatic heterocycles. The van der Waals surface area contributed by atoms with E-state index in [2.05, 4.69) is 0 Å². The molecular weight excluding hydrogens is 281 g/mol. The summed E-state index contributed by atoms with van der Waals surface area (Å²) < 4.78 is 28.9. The average molecular weight is 305 g/mol. The zero-order chi connectivity index (χ0) is 16.4. The molecule has 122 valence electrons. The number of hydrogen-bond acceptors (Lipinski definition) is 5.